The van der Waals surface area contributed by atoms with Crippen LogP contribution in [0.2, 0.25) is 0 Å². The second-order valence-corrected chi connectivity index (χ2v) is 7.43. The SMILES string of the molecule is Cc1ccoc1CNC(C)(CNC(=O)OC(C)(C)C)C1CC1. The van der Waals surface area contributed by atoms with Crippen LogP contribution in [-0.2, 0) is 11.3 Å². The minimum atomic E-state index is -0.473. The Bertz CT molecular complexity index is 514. The van der Waals surface area contributed by atoms with E-state index in [0.29, 0.717) is 19.0 Å². The van der Waals surface area contributed by atoms with Crippen molar-refractivity contribution in [3.05, 3.63) is 23.7 Å². The average molecular weight is 308 g/mol. The van der Waals surface area contributed by atoms with Gasteiger partial charge in [0.15, 0.2) is 0 Å². The predicted octanol–water partition coefficient (Wildman–Crippen LogP) is 3.37. The minimum absolute atomic E-state index is 0.143. The van der Waals surface area contributed by atoms with Gasteiger partial charge in [-0.25, -0.2) is 4.79 Å². The third-order valence-corrected chi connectivity index (χ3v) is 4.10. The van der Waals surface area contributed by atoms with Crippen LogP contribution in [0.5, 0.6) is 0 Å². The Morgan fingerprint density at radius 2 is 2.05 bits per heavy atom. The van der Waals surface area contributed by atoms with Crippen LogP contribution in [0, 0.1) is 12.8 Å². The first-order valence-corrected chi connectivity index (χ1v) is 7.94. The molecule has 2 N–H and O–H groups in total. The molecule has 0 radical (unpaired) electrons. The highest BCUT2D eigenvalue weighted by Gasteiger charge is 2.41. The summed E-state index contributed by atoms with van der Waals surface area (Å²) in [5.41, 5.74) is 0.528. The summed E-state index contributed by atoms with van der Waals surface area (Å²) in [4.78, 5) is 11.9. The molecule has 1 aliphatic rings. The van der Waals surface area contributed by atoms with Crippen molar-refractivity contribution < 1.29 is 13.9 Å². The van der Waals surface area contributed by atoms with Gasteiger partial charge in [0, 0.05) is 12.1 Å². The molecule has 1 aromatic rings. The van der Waals surface area contributed by atoms with Gasteiger partial charge >= 0.3 is 6.09 Å². The van der Waals surface area contributed by atoms with Crippen molar-refractivity contribution in [1.82, 2.24) is 10.6 Å². The van der Waals surface area contributed by atoms with Crippen LogP contribution in [0.15, 0.2) is 16.7 Å². The molecule has 1 amide bonds. The molecule has 0 spiro atoms. The predicted molar refractivity (Wildman–Crippen MR) is 85.7 cm³/mol. The van der Waals surface area contributed by atoms with Gasteiger partial charge in [0.2, 0.25) is 0 Å². The number of carbonyl (C=O) groups excluding carboxylic acids is 1. The zero-order chi connectivity index (χ0) is 16.4. The standard InChI is InChI=1S/C17H28N2O3/c1-12-8-9-21-14(12)10-19-17(5,13-6-7-13)11-18-15(20)22-16(2,3)4/h8-9,13,19H,6-7,10-11H2,1-5H3,(H,18,20). The van der Waals surface area contributed by atoms with Crippen LogP contribution < -0.4 is 10.6 Å². The molecule has 5 nitrogen and oxygen atoms in total. The van der Waals surface area contributed by atoms with Gasteiger partial charge in [-0.05, 0) is 65.0 Å². The second-order valence-electron chi connectivity index (χ2n) is 7.43. The molecule has 1 heterocycles. The van der Waals surface area contributed by atoms with E-state index < -0.39 is 5.60 Å². The molecule has 2 rings (SSSR count). The smallest absolute Gasteiger partial charge is 0.407 e. The summed E-state index contributed by atoms with van der Waals surface area (Å²) in [6.07, 6.45) is 3.72. The maximum Gasteiger partial charge on any atom is 0.407 e. The number of amides is 1. The first-order chi connectivity index (χ1) is 10.2. The van der Waals surface area contributed by atoms with Crippen LogP contribution in [0.3, 0.4) is 0 Å². The number of hydrogen-bond acceptors (Lipinski definition) is 4. The fourth-order valence-electron chi connectivity index (χ4n) is 2.51. The van der Waals surface area contributed by atoms with E-state index in [9.17, 15) is 4.79 Å². The quantitative estimate of drug-likeness (QED) is 0.845. The Labute approximate surface area is 132 Å². The minimum Gasteiger partial charge on any atom is -0.468 e. The fraction of sp³-hybridized carbons (Fsp3) is 0.706. The lowest BCUT2D eigenvalue weighted by atomic mass is 9.95. The summed E-state index contributed by atoms with van der Waals surface area (Å²) < 4.78 is 10.8. The van der Waals surface area contributed by atoms with E-state index in [1.165, 1.54) is 12.8 Å². The van der Waals surface area contributed by atoms with Crippen molar-refractivity contribution >= 4 is 6.09 Å². The molecule has 0 bridgehead atoms. The van der Waals surface area contributed by atoms with Crippen molar-refractivity contribution in [2.75, 3.05) is 6.54 Å². The Morgan fingerprint density at radius 3 is 2.55 bits per heavy atom. The van der Waals surface area contributed by atoms with Gasteiger partial charge in [-0.15, -0.1) is 0 Å². The van der Waals surface area contributed by atoms with Gasteiger partial charge in [0.1, 0.15) is 11.4 Å². The highest BCUT2D eigenvalue weighted by atomic mass is 16.6. The van der Waals surface area contributed by atoms with Crippen molar-refractivity contribution in [2.45, 2.75) is 65.1 Å². The van der Waals surface area contributed by atoms with Crippen molar-refractivity contribution in [3.8, 4) is 0 Å². The Kier molecular flexibility index (Phi) is 4.85. The largest absolute Gasteiger partial charge is 0.468 e. The van der Waals surface area contributed by atoms with Crippen LogP contribution in [0.1, 0.15) is 51.9 Å². The molecule has 22 heavy (non-hydrogen) atoms. The number of furan rings is 1. The van der Waals surface area contributed by atoms with Gasteiger partial charge in [-0.1, -0.05) is 0 Å². The summed E-state index contributed by atoms with van der Waals surface area (Å²) in [5.74, 6) is 1.53. The zero-order valence-corrected chi connectivity index (χ0v) is 14.3. The summed E-state index contributed by atoms with van der Waals surface area (Å²) in [7, 11) is 0. The van der Waals surface area contributed by atoms with E-state index >= 15 is 0 Å². The normalized spacial score (nSPS) is 17.9. The molecular weight excluding hydrogens is 280 g/mol. The maximum absolute atomic E-state index is 11.9. The maximum atomic E-state index is 11.9. The average Bonchev–Trinajstić information content (AvgIpc) is 3.17. The second kappa shape index (κ2) is 6.32. The number of alkyl carbamates (subject to hydrolysis) is 1. The van der Waals surface area contributed by atoms with Crippen LogP contribution in [0.25, 0.3) is 0 Å². The van der Waals surface area contributed by atoms with Gasteiger partial charge in [-0.3, -0.25) is 0 Å². The number of hydrogen-bond donors (Lipinski definition) is 2. The fourth-order valence-corrected chi connectivity index (χ4v) is 2.51. The van der Waals surface area contributed by atoms with E-state index in [0.717, 1.165) is 11.3 Å². The molecule has 1 aromatic heterocycles. The monoisotopic (exact) mass is 308 g/mol. The number of carbonyl (C=O) groups is 1. The molecule has 1 atom stereocenters. The lowest BCUT2D eigenvalue weighted by Gasteiger charge is -2.32. The van der Waals surface area contributed by atoms with Gasteiger partial charge in [0.25, 0.3) is 0 Å². The highest BCUT2D eigenvalue weighted by molar-refractivity contribution is 5.67. The third kappa shape index (κ3) is 4.77. The van der Waals surface area contributed by atoms with Crippen molar-refractivity contribution in [1.29, 1.82) is 0 Å². The van der Waals surface area contributed by atoms with Crippen LogP contribution in [0.4, 0.5) is 4.79 Å². The highest BCUT2D eigenvalue weighted by Crippen LogP contribution is 2.39. The lowest BCUT2D eigenvalue weighted by molar-refractivity contribution is 0.0507. The summed E-state index contributed by atoms with van der Waals surface area (Å²) in [6, 6.07) is 1.96. The summed E-state index contributed by atoms with van der Waals surface area (Å²) in [6.45, 7) is 11.0. The van der Waals surface area contributed by atoms with E-state index in [2.05, 4.69) is 17.6 Å². The molecule has 0 aromatic carbocycles. The van der Waals surface area contributed by atoms with Gasteiger partial charge < -0.3 is 19.8 Å². The molecule has 1 fully saturated rings. The summed E-state index contributed by atoms with van der Waals surface area (Å²) >= 11 is 0. The number of ether oxygens (including phenoxy) is 1. The molecule has 1 saturated carbocycles. The molecule has 0 aliphatic heterocycles. The summed E-state index contributed by atoms with van der Waals surface area (Å²) in [5, 5.41) is 6.45. The van der Waals surface area contributed by atoms with E-state index in [1.54, 1.807) is 6.26 Å². The van der Waals surface area contributed by atoms with Crippen molar-refractivity contribution in [3.63, 3.8) is 0 Å². The van der Waals surface area contributed by atoms with E-state index in [-0.39, 0.29) is 11.6 Å². The van der Waals surface area contributed by atoms with Crippen LogP contribution >= 0.6 is 0 Å². The van der Waals surface area contributed by atoms with Crippen LogP contribution in [-0.4, -0.2) is 23.8 Å². The molecular formula is C17H28N2O3. The van der Waals surface area contributed by atoms with Gasteiger partial charge in [-0.2, -0.15) is 0 Å². The molecule has 1 unspecified atom stereocenters. The molecule has 124 valence electrons. The van der Waals surface area contributed by atoms with Gasteiger partial charge in [0.05, 0.1) is 12.8 Å². The Hall–Kier alpha value is -1.49. The first-order valence-electron chi connectivity index (χ1n) is 7.94. The Balaban J connectivity index is 1.88. The molecule has 1 aliphatic carbocycles. The third-order valence-electron chi connectivity index (χ3n) is 4.10. The van der Waals surface area contributed by atoms with Crippen molar-refractivity contribution in [2.24, 2.45) is 5.92 Å². The number of rotatable bonds is 6. The Morgan fingerprint density at radius 1 is 1.36 bits per heavy atom. The first kappa shape index (κ1) is 16.9. The topological polar surface area (TPSA) is 63.5 Å². The molecule has 5 heteroatoms. The lowest BCUT2D eigenvalue weighted by Crippen LogP contribution is -2.53. The van der Waals surface area contributed by atoms with E-state index in [1.807, 2.05) is 33.8 Å². The zero-order valence-electron chi connectivity index (χ0n) is 14.3. The molecule has 0 saturated heterocycles. The number of aryl methyl sites for hydroxylation is 1. The van der Waals surface area contributed by atoms with E-state index in [4.69, 9.17) is 9.15 Å². The number of nitrogens with one attached hydrogen (secondary N) is 2.